The van der Waals surface area contributed by atoms with Crippen LogP contribution in [-0.4, -0.2) is 30.8 Å². The molecule has 6 heteroatoms. The van der Waals surface area contributed by atoms with E-state index in [1.54, 1.807) is 12.3 Å². The van der Waals surface area contributed by atoms with Crippen LogP contribution in [0.2, 0.25) is 0 Å². The zero-order valence-electron chi connectivity index (χ0n) is 11.9. The van der Waals surface area contributed by atoms with Gasteiger partial charge in [-0.25, -0.2) is 13.4 Å². The molecule has 1 aliphatic rings. The number of carbonyl (C=O) groups is 1. The number of aromatic nitrogens is 1. The van der Waals surface area contributed by atoms with Crippen LogP contribution >= 0.6 is 0 Å². The van der Waals surface area contributed by atoms with E-state index in [1.807, 2.05) is 36.4 Å². The maximum absolute atomic E-state index is 12.0. The van der Waals surface area contributed by atoms with E-state index in [4.69, 9.17) is 0 Å². The molecule has 5 nitrogen and oxygen atoms in total. The number of benzene rings is 1. The first-order valence-corrected chi connectivity index (χ1v) is 8.88. The van der Waals surface area contributed by atoms with Crippen molar-refractivity contribution in [2.75, 3.05) is 16.8 Å². The lowest BCUT2D eigenvalue weighted by Crippen LogP contribution is -2.24. The summed E-state index contributed by atoms with van der Waals surface area (Å²) in [5.41, 5.74) is 2.01. The Labute approximate surface area is 129 Å². The van der Waals surface area contributed by atoms with Gasteiger partial charge in [-0.15, -0.1) is 0 Å². The van der Waals surface area contributed by atoms with Crippen LogP contribution < -0.4 is 5.32 Å². The van der Waals surface area contributed by atoms with Gasteiger partial charge in [-0.3, -0.25) is 4.79 Å². The van der Waals surface area contributed by atoms with Crippen LogP contribution in [0.5, 0.6) is 0 Å². The molecule has 22 heavy (non-hydrogen) atoms. The quantitative estimate of drug-likeness (QED) is 0.941. The predicted octanol–water partition coefficient (Wildman–Crippen LogP) is 2.12. The second-order valence-electron chi connectivity index (χ2n) is 5.39. The summed E-state index contributed by atoms with van der Waals surface area (Å²) in [6.07, 6.45) is 2.08. The molecular weight excluding hydrogens is 300 g/mol. The lowest BCUT2D eigenvalue weighted by atomic mass is 10.1. The molecule has 1 amide bonds. The fourth-order valence-electron chi connectivity index (χ4n) is 2.50. The summed E-state index contributed by atoms with van der Waals surface area (Å²) in [7, 11) is -3.06. The molecule has 1 aliphatic heterocycles. The molecule has 2 aromatic rings. The van der Waals surface area contributed by atoms with Crippen molar-refractivity contribution in [3.05, 3.63) is 48.7 Å². The standard InChI is InChI=1S/C16H16N2O3S/c19-16(14-8-9-22(20,21)11-14)18-15-7-6-13(10-17-15)12-4-2-1-3-5-12/h1-7,10,14H,8-9,11H2,(H,17,18,19)/t14-/m1/s1. The zero-order valence-corrected chi connectivity index (χ0v) is 12.7. The largest absolute Gasteiger partial charge is 0.310 e. The first kappa shape index (κ1) is 14.7. The third kappa shape index (κ3) is 3.33. The van der Waals surface area contributed by atoms with Crippen molar-refractivity contribution in [3.8, 4) is 11.1 Å². The van der Waals surface area contributed by atoms with Crippen molar-refractivity contribution in [2.45, 2.75) is 6.42 Å². The molecule has 1 aromatic heterocycles. The first-order chi connectivity index (χ1) is 10.5. The van der Waals surface area contributed by atoms with Crippen molar-refractivity contribution in [1.29, 1.82) is 0 Å². The maximum Gasteiger partial charge on any atom is 0.229 e. The Morgan fingerprint density at radius 3 is 2.45 bits per heavy atom. The van der Waals surface area contributed by atoms with E-state index in [9.17, 15) is 13.2 Å². The molecule has 0 bridgehead atoms. The number of sulfone groups is 1. The average molecular weight is 316 g/mol. The van der Waals surface area contributed by atoms with Gasteiger partial charge in [0.05, 0.1) is 17.4 Å². The van der Waals surface area contributed by atoms with Crippen molar-refractivity contribution >= 4 is 21.6 Å². The number of pyridine rings is 1. The molecule has 2 heterocycles. The molecule has 1 atom stereocenters. The lowest BCUT2D eigenvalue weighted by Gasteiger charge is -2.09. The Bertz CT molecular complexity index is 771. The number of hydrogen-bond acceptors (Lipinski definition) is 4. The minimum atomic E-state index is -3.06. The smallest absolute Gasteiger partial charge is 0.229 e. The Morgan fingerprint density at radius 2 is 1.86 bits per heavy atom. The normalized spacial score (nSPS) is 19.7. The number of amides is 1. The van der Waals surface area contributed by atoms with Crippen LogP contribution in [0.3, 0.4) is 0 Å². The summed E-state index contributed by atoms with van der Waals surface area (Å²) in [6, 6.07) is 13.4. The summed E-state index contributed by atoms with van der Waals surface area (Å²) in [5.74, 6) is -0.289. The minimum absolute atomic E-state index is 0.0685. The molecule has 114 valence electrons. The van der Waals surface area contributed by atoms with Gasteiger partial charge in [-0.1, -0.05) is 30.3 Å². The summed E-state index contributed by atoms with van der Waals surface area (Å²) >= 11 is 0. The average Bonchev–Trinajstić information content (AvgIpc) is 2.89. The summed E-state index contributed by atoms with van der Waals surface area (Å²) in [4.78, 5) is 16.3. The molecule has 0 aliphatic carbocycles. The third-order valence-corrected chi connectivity index (χ3v) is 5.49. The van der Waals surface area contributed by atoms with E-state index in [0.29, 0.717) is 12.2 Å². The summed E-state index contributed by atoms with van der Waals surface area (Å²) in [6.45, 7) is 0. The van der Waals surface area contributed by atoms with E-state index in [2.05, 4.69) is 10.3 Å². The monoisotopic (exact) mass is 316 g/mol. The number of anilines is 1. The highest BCUT2D eigenvalue weighted by Crippen LogP contribution is 2.22. The van der Waals surface area contributed by atoms with Gasteiger partial charge in [0.15, 0.2) is 9.84 Å². The van der Waals surface area contributed by atoms with Crippen LogP contribution in [-0.2, 0) is 14.6 Å². The molecule has 1 fully saturated rings. The molecular formula is C16H16N2O3S. The summed E-state index contributed by atoms with van der Waals surface area (Å²) < 4.78 is 22.8. The molecule has 1 aromatic carbocycles. The maximum atomic E-state index is 12.0. The van der Waals surface area contributed by atoms with Crippen molar-refractivity contribution in [2.24, 2.45) is 5.92 Å². The molecule has 0 radical (unpaired) electrons. The Balaban J connectivity index is 1.68. The third-order valence-electron chi connectivity index (χ3n) is 3.73. The van der Waals surface area contributed by atoms with Gasteiger partial charge in [-0.05, 0) is 24.1 Å². The van der Waals surface area contributed by atoms with Crippen molar-refractivity contribution < 1.29 is 13.2 Å². The van der Waals surface area contributed by atoms with E-state index >= 15 is 0 Å². The van der Waals surface area contributed by atoms with Gasteiger partial charge in [0.1, 0.15) is 5.82 Å². The van der Waals surface area contributed by atoms with Gasteiger partial charge < -0.3 is 5.32 Å². The highest BCUT2D eigenvalue weighted by Gasteiger charge is 2.33. The Morgan fingerprint density at radius 1 is 1.09 bits per heavy atom. The molecule has 1 saturated heterocycles. The number of hydrogen-bond donors (Lipinski definition) is 1. The number of rotatable bonds is 3. The second kappa shape index (κ2) is 5.88. The second-order valence-corrected chi connectivity index (χ2v) is 7.62. The number of nitrogens with one attached hydrogen (secondary N) is 1. The fraction of sp³-hybridized carbons (Fsp3) is 0.250. The first-order valence-electron chi connectivity index (χ1n) is 7.06. The van der Waals surface area contributed by atoms with Crippen molar-refractivity contribution in [1.82, 2.24) is 4.98 Å². The topological polar surface area (TPSA) is 76.1 Å². The zero-order chi connectivity index (χ0) is 15.6. The van der Waals surface area contributed by atoms with Crippen LogP contribution in [0.1, 0.15) is 6.42 Å². The van der Waals surface area contributed by atoms with E-state index in [-0.39, 0.29) is 17.4 Å². The molecule has 0 spiro atoms. The van der Waals surface area contributed by atoms with Gasteiger partial charge in [0, 0.05) is 11.8 Å². The molecule has 0 unspecified atom stereocenters. The van der Waals surface area contributed by atoms with Crippen LogP contribution in [0.4, 0.5) is 5.82 Å². The Kier molecular flexibility index (Phi) is 3.94. The highest BCUT2D eigenvalue weighted by atomic mass is 32.2. The van der Waals surface area contributed by atoms with E-state index < -0.39 is 15.8 Å². The van der Waals surface area contributed by atoms with E-state index in [1.165, 1.54) is 0 Å². The highest BCUT2D eigenvalue weighted by molar-refractivity contribution is 7.91. The fourth-order valence-corrected chi connectivity index (χ4v) is 4.24. The lowest BCUT2D eigenvalue weighted by molar-refractivity contribution is -0.119. The van der Waals surface area contributed by atoms with Crippen LogP contribution in [0.15, 0.2) is 48.7 Å². The molecule has 1 N–H and O–H groups in total. The SMILES string of the molecule is O=C(Nc1ccc(-c2ccccc2)cn1)[C@@H]1CCS(=O)(=O)C1. The number of nitrogens with zero attached hydrogens (tertiary/aromatic N) is 1. The van der Waals surface area contributed by atoms with Gasteiger partial charge in [0.2, 0.25) is 5.91 Å². The van der Waals surface area contributed by atoms with Gasteiger partial charge in [-0.2, -0.15) is 0 Å². The Hall–Kier alpha value is -2.21. The van der Waals surface area contributed by atoms with E-state index in [0.717, 1.165) is 11.1 Å². The van der Waals surface area contributed by atoms with Crippen LogP contribution in [0, 0.1) is 5.92 Å². The number of carbonyl (C=O) groups excluding carboxylic acids is 1. The molecule has 3 rings (SSSR count). The van der Waals surface area contributed by atoms with Crippen LogP contribution in [0.25, 0.3) is 11.1 Å². The van der Waals surface area contributed by atoms with Gasteiger partial charge >= 0.3 is 0 Å². The van der Waals surface area contributed by atoms with Crippen molar-refractivity contribution in [3.63, 3.8) is 0 Å². The minimum Gasteiger partial charge on any atom is -0.310 e. The predicted molar refractivity (Wildman–Crippen MR) is 85.1 cm³/mol. The summed E-state index contributed by atoms with van der Waals surface area (Å²) in [5, 5.41) is 2.69. The molecule has 0 saturated carbocycles. The van der Waals surface area contributed by atoms with Gasteiger partial charge in [0.25, 0.3) is 0 Å².